The zero-order valence-electron chi connectivity index (χ0n) is 11.2. The molecule has 1 radical (unpaired) electrons. The Hall–Kier alpha value is -1.36. The van der Waals surface area contributed by atoms with E-state index in [-0.39, 0.29) is 50.9 Å². The van der Waals surface area contributed by atoms with E-state index in [2.05, 4.69) is 33.8 Å². The van der Waals surface area contributed by atoms with Crippen LogP contribution in [0.1, 0.15) is 0 Å². The Morgan fingerprint density at radius 3 is 0.609 bits per heavy atom. The summed E-state index contributed by atoms with van der Waals surface area (Å²) in [7, 11) is -10.3. The maximum atomic E-state index is 8.52. The molecule has 0 aromatic carbocycles. The summed E-state index contributed by atoms with van der Waals surface area (Å²) in [5.41, 5.74) is 18.3. The minimum absolute atomic E-state index is 0. The standard InChI is InChI=1S/2CH5N3.Mn.2H2O4S.4H2O/c2*2-1(3)4;;2*1-5(2,3)4;;;;/h2*(H5,2,3,4);;2*(H2,1,2,3,4);4*1H2/q;;+2;;;;;;/p+2. The fraction of sp³-hybridized carbons (Fsp3) is 0. The number of rotatable bonds is 0. The van der Waals surface area contributed by atoms with Crippen LogP contribution in [0.3, 0.4) is 0 Å². The Morgan fingerprint density at radius 1 is 0.609 bits per heavy atom. The average Bonchev–Trinajstić information content (AvgIpc) is 1.70. The van der Waals surface area contributed by atoms with Gasteiger partial charge in [-0.05, 0) is 0 Å². The number of hydrogen-bond donors (Lipinski definition) is 6. The molecule has 0 aliphatic rings. The summed E-state index contributed by atoms with van der Waals surface area (Å²) >= 11 is 0. The van der Waals surface area contributed by atoms with Crippen LogP contribution in [-0.4, -0.2) is 47.0 Å². The Bertz CT molecular complexity index is 368. The van der Waals surface area contributed by atoms with Gasteiger partial charge in [0.2, 0.25) is 0 Å². The summed E-state index contributed by atoms with van der Waals surface area (Å²) in [6.07, 6.45) is 0. The summed E-state index contributed by atoms with van der Waals surface area (Å²) in [5.74, 6) is -0.167. The molecule has 0 aromatic rings. The normalized spacial score (nSPS) is 7.13. The maximum absolute atomic E-state index is 8.52. The molecule has 0 unspecified atom stereocenters. The van der Waals surface area contributed by atoms with Crippen molar-refractivity contribution in [2.45, 2.75) is 0 Å². The van der Waals surface area contributed by atoms with Gasteiger partial charge in [0.1, 0.15) is 0 Å². The van der Waals surface area contributed by atoms with Crippen molar-refractivity contribution in [3.8, 4) is 0 Å². The van der Waals surface area contributed by atoms with Gasteiger partial charge in [-0.25, -0.2) is 0 Å². The molecular formula is C2H24MnN6O12S2+4. The molecule has 0 aliphatic carbocycles. The molecule has 18 nitrogen and oxygen atoms in total. The Morgan fingerprint density at radius 2 is 0.609 bits per heavy atom. The van der Waals surface area contributed by atoms with Crippen molar-refractivity contribution in [2.75, 3.05) is 0 Å². The van der Waals surface area contributed by atoms with Gasteiger partial charge in [-0.1, -0.05) is 0 Å². The third kappa shape index (κ3) is 3870. The van der Waals surface area contributed by atoms with Crippen LogP contribution in [0.25, 0.3) is 0 Å². The molecule has 149 valence electrons. The fourth-order valence-corrected chi connectivity index (χ4v) is 0. The van der Waals surface area contributed by atoms with E-state index in [1.165, 1.54) is 0 Å². The van der Waals surface area contributed by atoms with Crippen molar-refractivity contribution >= 4 is 32.7 Å². The summed E-state index contributed by atoms with van der Waals surface area (Å²) < 4.78 is 68.2. The van der Waals surface area contributed by atoms with E-state index in [9.17, 15) is 0 Å². The van der Waals surface area contributed by atoms with Crippen LogP contribution in [0.15, 0.2) is 0 Å². The molecule has 0 aliphatic heterocycles. The third-order valence-electron chi connectivity index (χ3n) is 0. The minimum Gasteiger partial charge on any atom is -0.759 e. The minimum atomic E-state index is -5.17. The van der Waals surface area contributed by atoms with Gasteiger partial charge in [0.25, 0.3) is 0 Å². The summed E-state index contributed by atoms with van der Waals surface area (Å²) in [4.78, 5) is 0. The first-order chi connectivity index (χ1) is 7.46. The van der Waals surface area contributed by atoms with Crippen LogP contribution >= 0.6 is 0 Å². The average molecular weight is 443 g/mol. The third-order valence-corrected chi connectivity index (χ3v) is 0. The second-order valence-electron chi connectivity index (χ2n) is 1.82. The quantitative estimate of drug-likeness (QED) is 0.0507. The van der Waals surface area contributed by atoms with Gasteiger partial charge in [0.05, 0.1) is 0 Å². The maximum Gasteiger partial charge on any atom is 2.00 e. The predicted molar refractivity (Wildman–Crippen MR) is 71.0 cm³/mol. The van der Waals surface area contributed by atoms with Crippen LogP contribution in [0.4, 0.5) is 0 Å². The van der Waals surface area contributed by atoms with E-state index >= 15 is 0 Å². The summed E-state index contributed by atoms with van der Waals surface area (Å²) in [5, 5.41) is 9.17. The van der Waals surface area contributed by atoms with E-state index < -0.39 is 20.8 Å². The Labute approximate surface area is 141 Å². The number of nitrogens with two attached hydrogens (primary N) is 6. The van der Waals surface area contributed by atoms with Crippen LogP contribution in [0.2, 0.25) is 0 Å². The molecule has 0 heterocycles. The van der Waals surface area contributed by atoms with Crippen molar-refractivity contribution in [2.24, 2.45) is 22.9 Å². The van der Waals surface area contributed by atoms with Crippen molar-refractivity contribution in [3.63, 3.8) is 0 Å². The molecule has 23 heavy (non-hydrogen) atoms. The molecule has 0 saturated heterocycles. The SMILES string of the molecule is NC(N)=[NH2+].NC(N)=[NH2+].O=S(=O)([O-])[O-].O=S(=O)([O-])[O-].[Mn+2].[OH3+].[OH3+].[OH3+].[OH3+]. The topological polar surface area (TPSA) is 448 Å². The van der Waals surface area contributed by atoms with E-state index in [0.717, 1.165) is 0 Å². The van der Waals surface area contributed by atoms with Crippen molar-refractivity contribution < 1.29 is 84.8 Å². The molecule has 0 amide bonds. The Balaban J connectivity index is -0.0000000152. The van der Waals surface area contributed by atoms with Gasteiger partial charge in [0, 0.05) is 20.8 Å². The summed E-state index contributed by atoms with van der Waals surface area (Å²) in [6.45, 7) is 0. The first-order valence-corrected chi connectivity index (χ1v) is 5.73. The van der Waals surface area contributed by atoms with Crippen LogP contribution < -0.4 is 33.8 Å². The van der Waals surface area contributed by atoms with Crippen molar-refractivity contribution in [1.29, 1.82) is 0 Å². The van der Waals surface area contributed by atoms with Gasteiger partial charge in [-0.2, -0.15) is 0 Å². The van der Waals surface area contributed by atoms with Crippen LogP contribution in [-0.2, 0) is 59.8 Å². The molecule has 0 rings (SSSR count). The van der Waals surface area contributed by atoms with Crippen molar-refractivity contribution in [3.05, 3.63) is 0 Å². The molecule has 0 bridgehead atoms. The first-order valence-electron chi connectivity index (χ1n) is 3.07. The van der Waals surface area contributed by atoms with Crippen molar-refractivity contribution in [1.82, 2.24) is 0 Å². The molecule has 0 fully saturated rings. The number of hydrogen-bond acceptors (Lipinski definition) is 8. The van der Waals surface area contributed by atoms with Gasteiger partial charge < -0.3 is 40.1 Å². The van der Waals surface area contributed by atoms with E-state index in [4.69, 9.17) is 35.0 Å². The van der Waals surface area contributed by atoms with Crippen LogP contribution in [0, 0.1) is 0 Å². The molecule has 24 N–H and O–H groups in total. The van der Waals surface area contributed by atoms with Crippen LogP contribution in [0.5, 0.6) is 0 Å². The van der Waals surface area contributed by atoms with Gasteiger partial charge in [-0.15, -0.1) is 0 Å². The second kappa shape index (κ2) is 28.8. The van der Waals surface area contributed by atoms with Gasteiger partial charge >= 0.3 is 29.0 Å². The summed E-state index contributed by atoms with van der Waals surface area (Å²) in [6, 6.07) is 0. The molecule has 21 heteroatoms. The second-order valence-corrected chi connectivity index (χ2v) is 3.45. The largest absolute Gasteiger partial charge is 2.00 e. The van der Waals surface area contributed by atoms with E-state index in [0.29, 0.717) is 0 Å². The molecule has 0 saturated carbocycles. The molecule has 0 spiro atoms. The zero-order chi connectivity index (χ0) is 16.2. The van der Waals surface area contributed by atoms with E-state index in [1.807, 2.05) is 0 Å². The monoisotopic (exact) mass is 443 g/mol. The predicted octanol–water partition coefficient (Wildman–Crippen LogP) is -12.3. The first kappa shape index (κ1) is 57.7. The van der Waals surface area contributed by atoms with E-state index in [1.54, 1.807) is 0 Å². The van der Waals surface area contributed by atoms with Gasteiger partial charge in [-0.3, -0.25) is 50.6 Å². The molecule has 0 atom stereocenters. The smallest absolute Gasteiger partial charge is 0.759 e. The molecular weight excluding hydrogens is 419 g/mol. The molecule has 0 aromatic heterocycles. The van der Waals surface area contributed by atoms with Gasteiger partial charge in [0.15, 0.2) is 0 Å². The Kier molecular flexibility index (Phi) is 72.1. The zero-order valence-corrected chi connectivity index (χ0v) is 14.0. The fourth-order valence-electron chi connectivity index (χ4n) is 0. The number of guanidine groups is 2.